The molecule has 0 saturated carbocycles. The molecule has 0 aliphatic heterocycles. The number of ether oxygens (including phenoxy) is 2. The monoisotopic (exact) mass is 277 g/mol. The van der Waals surface area contributed by atoms with Crippen molar-refractivity contribution in [3.05, 3.63) is 34.9 Å². The Hall–Kier alpha value is -1.60. The first-order valence-electron chi connectivity index (χ1n) is 5.46. The lowest BCUT2D eigenvalue weighted by molar-refractivity contribution is -0.152. The van der Waals surface area contributed by atoms with Crippen LogP contribution in [-0.2, 0) is 15.7 Å². The topological polar surface area (TPSA) is 61.6 Å². The fraction of sp³-hybridized carbons (Fsp3) is 0.417. The van der Waals surface area contributed by atoms with E-state index in [1.807, 2.05) is 0 Å². The van der Waals surface area contributed by atoms with E-state index < -0.39 is 23.9 Å². The van der Waals surface area contributed by atoms with Crippen molar-refractivity contribution in [2.75, 3.05) is 13.7 Å². The van der Waals surface area contributed by atoms with Gasteiger partial charge < -0.3 is 15.2 Å². The van der Waals surface area contributed by atoms with Crippen LogP contribution in [0.25, 0.3) is 0 Å². The van der Waals surface area contributed by atoms with Crippen LogP contribution in [0.5, 0.6) is 0 Å². The Bertz CT molecular complexity index is 460. The number of amides is 1. The molecule has 1 amide bonds. The molecular weight excluding hydrogens is 263 g/mol. The Balaban J connectivity index is 3.36. The third-order valence-corrected chi connectivity index (χ3v) is 2.43. The Morgan fingerprint density at radius 1 is 1.42 bits per heavy atom. The number of hydrogen-bond acceptors (Lipinski definition) is 3. The Kier molecular flexibility index (Phi) is 4.90. The number of alkyl halides is 3. The third kappa shape index (κ3) is 3.68. The Morgan fingerprint density at radius 3 is 2.47 bits per heavy atom. The SMILES string of the molecule is CCOC(OC)c1cc(C(N)=O)ccc1C(F)(F)F. The van der Waals surface area contributed by atoms with E-state index in [1.165, 1.54) is 7.11 Å². The van der Waals surface area contributed by atoms with Gasteiger partial charge in [-0.15, -0.1) is 0 Å². The van der Waals surface area contributed by atoms with Gasteiger partial charge in [0.15, 0.2) is 6.29 Å². The van der Waals surface area contributed by atoms with Crippen molar-refractivity contribution in [3.63, 3.8) is 0 Å². The summed E-state index contributed by atoms with van der Waals surface area (Å²) in [6.45, 7) is 1.79. The van der Waals surface area contributed by atoms with E-state index in [4.69, 9.17) is 15.2 Å². The van der Waals surface area contributed by atoms with Crippen LogP contribution < -0.4 is 5.73 Å². The van der Waals surface area contributed by atoms with Crippen molar-refractivity contribution >= 4 is 5.91 Å². The number of benzene rings is 1. The van der Waals surface area contributed by atoms with Crippen LogP contribution in [0.1, 0.15) is 34.7 Å². The van der Waals surface area contributed by atoms with Crippen LogP contribution in [0, 0.1) is 0 Å². The summed E-state index contributed by atoms with van der Waals surface area (Å²) in [5.41, 5.74) is 3.83. The number of halogens is 3. The highest BCUT2D eigenvalue weighted by Crippen LogP contribution is 2.36. The first-order chi connectivity index (χ1) is 8.81. The number of hydrogen-bond donors (Lipinski definition) is 1. The molecule has 0 spiro atoms. The van der Waals surface area contributed by atoms with Crippen LogP contribution in [0.15, 0.2) is 18.2 Å². The fourth-order valence-corrected chi connectivity index (χ4v) is 1.61. The molecule has 0 aliphatic carbocycles. The molecule has 0 heterocycles. The van der Waals surface area contributed by atoms with Crippen molar-refractivity contribution in [1.82, 2.24) is 0 Å². The molecule has 1 rings (SSSR count). The average Bonchev–Trinajstić information content (AvgIpc) is 2.34. The fourth-order valence-electron chi connectivity index (χ4n) is 1.61. The van der Waals surface area contributed by atoms with E-state index in [0.717, 1.165) is 18.2 Å². The predicted octanol–water partition coefficient (Wildman–Crippen LogP) is 2.49. The molecule has 7 heteroatoms. The highest BCUT2D eigenvalue weighted by Gasteiger charge is 2.36. The van der Waals surface area contributed by atoms with Gasteiger partial charge in [0, 0.05) is 24.8 Å². The molecule has 0 radical (unpaired) electrons. The molecule has 0 aliphatic rings. The van der Waals surface area contributed by atoms with Crippen LogP contribution in [0.3, 0.4) is 0 Å². The number of carbonyl (C=O) groups is 1. The first kappa shape index (κ1) is 15.5. The minimum Gasteiger partial charge on any atom is -0.366 e. The van der Waals surface area contributed by atoms with E-state index in [0.29, 0.717) is 0 Å². The van der Waals surface area contributed by atoms with Crippen molar-refractivity contribution < 1.29 is 27.4 Å². The van der Waals surface area contributed by atoms with Gasteiger partial charge in [0.2, 0.25) is 5.91 Å². The lowest BCUT2D eigenvalue weighted by Gasteiger charge is -2.20. The van der Waals surface area contributed by atoms with Gasteiger partial charge in [-0.1, -0.05) is 0 Å². The van der Waals surface area contributed by atoms with Gasteiger partial charge in [0.05, 0.1) is 5.56 Å². The summed E-state index contributed by atoms with van der Waals surface area (Å²) in [7, 11) is 1.22. The number of primary amides is 1. The molecule has 1 atom stereocenters. The van der Waals surface area contributed by atoms with Crippen LogP contribution in [-0.4, -0.2) is 19.6 Å². The maximum Gasteiger partial charge on any atom is 0.416 e. The number of methoxy groups -OCH3 is 1. The maximum absolute atomic E-state index is 12.9. The van der Waals surface area contributed by atoms with Gasteiger partial charge in [0.1, 0.15) is 0 Å². The quantitative estimate of drug-likeness (QED) is 0.841. The van der Waals surface area contributed by atoms with E-state index >= 15 is 0 Å². The molecule has 2 N–H and O–H groups in total. The standard InChI is InChI=1S/C12H14F3NO3/c1-3-19-11(18-2)8-6-7(10(16)17)4-5-9(8)12(13,14)15/h4-6,11H,3H2,1-2H3,(H2,16,17). The highest BCUT2D eigenvalue weighted by atomic mass is 19.4. The molecular formula is C12H14F3NO3. The summed E-state index contributed by atoms with van der Waals surface area (Å²) < 4.78 is 48.6. The number of rotatable bonds is 5. The van der Waals surface area contributed by atoms with Gasteiger partial charge in [-0.05, 0) is 25.1 Å². The van der Waals surface area contributed by atoms with Gasteiger partial charge in [0.25, 0.3) is 0 Å². The van der Waals surface area contributed by atoms with Gasteiger partial charge in [-0.3, -0.25) is 4.79 Å². The second-order valence-electron chi connectivity index (χ2n) is 3.69. The normalized spacial score (nSPS) is 13.3. The van der Waals surface area contributed by atoms with Gasteiger partial charge >= 0.3 is 6.18 Å². The molecule has 1 aromatic rings. The summed E-state index contributed by atoms with van der Waals surface area (Å²) >= 11 is 0. The molecule has 4 nitrogen and oxygen atoms in total. The smallest absolute Gasteiger partial charge is 0.366 e. The van der Waals surface area contributed by atoms with Crippen LogP contribution in [0.2, 0.25) is 0 Å². The summed E-state index contributed by atoms with van der Waals surface area (Å²) in [5, 5.41) is 0. The lowest BCUT2D eigenvalue weighted by Crippen LogP contribution is -2.18. The van der Waals surface area contributed by atoms with Crippen LogP contribution in [0.4, 0.5) is 13.2 Å². The summed E-state index contributed by atoms with van der Waals surface area (Å²) in [5.74, 6) is -0.818. The van der Waals surface area contributed by atoms with Crippen molar-refractivity contribution in [2.45, 2.75) is 19.4 Å². The minimum absolute atomic E-state index is 0.0373. The molecule has 0 aromatic heterocycles. The second kappa shape index (κ2) is 6.03. The van der Waals surface area contributed by atoms with Crippen molar-refractivity contribution in [3.8, 4) is 0 Å². The predicted molar refractivity (Wildman–Crippen MR) is 61.3 cm³/mol. The second-order valence-corrected chi connectivity index (χ2v) is 3.69. The van der Waals surface area contributed by atoms with E-state index in [1.54, 1.807) is 6.92 Å². The lowest BCUT2D eigenvalue weighted by atomic mass is 10.0. The molecule has 19 heavy (non-hydrogen) atoms. The van der Waals surface area contributed by atoms with E-state index in [2.05, 4.69) is 0 Å². The molecule has 106 valence electrons. The summed E-state index contributed by atoms with van der Waals surface area (Å²) in [6.07, 6.45) is -5.78. The zero-order chi connectivity index (χ0) is 14.6. The number of nitrogens with two attached hydrogens (primary N) is 1. The Labute approximate surface area is 108 Å². The molecule has 1 aromatic carbocycles. The van der Waals surface area contributed by atoms with Gasteiger partial charge in [-0.2, -0.15) is 13.2 Å². The first-order valence-corrected chi connectivity index (χ1v) is 5.46. The maximum atomic E-state index is 12.9. The third-order valence-electron chi connectivity index (χ3n) is 2.43. The Morgan fingerprint density at radius 2 is 2.05 bits per heavy atom. The molecule has 1 unspecified atom stereocenters. The molecule has 0 fully saturated rings. The minimum atomic E-state index is -4.57. The van der Waals surface area contributed by atoms with Gasteiger partial charge in [-0.25, -0.2) is 0 Å². The molecule has 0 bridgehead atoms. The van der Waals surface area contributed by atoms with Crippen molar-refractivity contribution in [2.24, 2.45) is 5.73 Å². The van der Waals surface area contributed by atoms with E-state index in [9.17, 15) is 18.0 Å². The van der Waals surface area contributed by atoms with Crippen LogP contribution >= 0.6 is 0 Å². The average molecular weight is 277 g/mol. The summed E-state index contributed by atoms with van der Waals surface area (Å²) in [4.78, 5) is 11.0. The summed E-state index contributed by atoms with van der Waals surface area (Å²) in [6, 6.07) is 2.85. The zero-order valence-electron chi connectivity index (χ0n) is 10.5. The van der Waals surface area contributed by atoms with E-state index in [-0.39, 0.29) is 17.7 Å². The molecule has 0 saturated heterocycles. The highest BCUT2D eigenvalue weighted by molar-refractivity contribution is 5.93. The largest absolute Gasteiger partial charge is 0.416 e. The van der Waals surface area contributed by atoms with Crippen molar-refractivity contribution in [1.29, 1.82) is 0 Å². The zero-order valence-corrected chi connectivity index (χ0v) is 10.5. The number of carbonyl (C=O) groups excluding carboxylic acids is 1.